The van der Waals surface area contributed by atoms with Crippen LogP contribution in [-0.4, -0.2) is 61.0 Å². The van der Waals surface area contributed by atoms with Gasteiger partial charge in [0, 0.05) is 55.4 Å². The second kappa shape index (κ2) is 6.67. The normalized spacial score (nSPS) is 19.8. The maximum atomic E-state index is 12.9. The van der Waals surface area contributed by atoms with Gasteiger partial charge in [-0.25, -0.2) is 0 Å². The molecule has 0 spiro atoms. The van der Waals surface area contributed by atoms with E-state index in [-0.39, 0.29) is 10.9 Å². The molecule has 1 N–H and O–H groups in total. The predicted molar refractivity (Wildman–Crippen MR) is 96.0 cm³/mol. The first-order chi connectivity index (χ1) is 12.3. The van der Waals surface area contributed by atoms with Crippen molar-refractivity contribution in [3.05, 3.63) is 33.7 Å². The molecule has 140 valence electrons. The Morgan fingerprint density at radius 1 is 1.23 bits per heavy atom. The summed E-state index contributed by atoms with van der Waals surface area (Å²) >= 11 is 7.32. The lowest BCUT2D eigenvalue weighted by molar-refractivity contribution is -0.137. The predicted octanol–water partition coefficient (Wildman–Crippen LogP) is 3.30. The van der Waals surface area contributed by atoms with Crippen LogP contribution < -0.4 is 5.32 Å². The van der Waals surface area contributed by atoms with E-state index in [2.05, 4.69) is 10.2 Å². The molecule has 2 aromatic rings. The summed E-state index contributed by atoms with van der Waals surface area (Å²) in [6.07, 6.45) is -4.41. The average molecular weight is 404 g/mol. The molecule has 0 radical (unpaired) electrons. The Kier molecular flexibility index (Phi) is 4.63. The third-order valence-electron chi connectivity index (χ3n) is 4.97. The lowest BCUT2D eigenvalue weighted by Crippen LogP contribution is -2.63. The summed E-state index contributed by atoms with van der Waals surface area (Å²) in [5.74, 6) is -0.198. The summed E-state index contributed by atoms with van der Waals surface area (Å²) in [5, 5.41) is 4.03. The number of hydrogen-bond acceptors (Lipinski definition) is 4. The lowest BCUT2D eigenvalue weighted by Gasteiger charge is -2.46. The number of fused-ring (bicyclic) bond motifs is 1. The van der Waals surface area contributed by atoms with Crippen LogP contribution in [-0.2, 0) is 6.18 Å². The van der Waals surface area contributed by atoms with Crippen LogP contribution in [0.25, 0.3) is 10.1 Å². The van der Waals surface area contributed by atoms with Crippen LogP contribution in [0.15, 0.2) is 18.2 Å². The molecule has 1 aromatic heterocycles. The molecular weight excluding hydrogens is 387 g/mol. The van der Waals surface area contributed by atoms with E-state index in [0.717, 1.165) is 49.6 Å². The first-order valence-electron chi connectivity index (χ1n) is 8.38. The molecule has 4 nitrogen and oxygen atoms in total. The second-order valence-electron chi connectivity index (χ2n) is 6.60. The second-order valence-corrected chi connectivity index (χ2v) is 8.03. The van der Waals surface area contributed by atoms with Crippen LogP contribution in [0.5, 0.6) is 0 Å². The van der Waals surface area contributed by atoms with Crippen molar-refractivity contribution in [3.8, 4) is 0 Å². The number of carbonyl (C=O) groups is 1. The van der Waals surface area contributed by atoms with Crippen molar-refractivity contribution < 1.29 is 18.0 Å². The minimum absolute atomic E-state index is 0.198. The number of halogens is 4. The summed E-state index contributed by atoms with van der Waals surface area (Å²) < 4.78 is 39.0. The Labute approximate surface area is 157 Å². The van der Waals surface area contributed by atoms with E-state index in [4.69, 9.17) is 11.6 Å². The van der Waals surface area contributed by atoms with Crippen LogP contribution in [0.2, 0.25) is 5.02 Å². The van der Waals surface area contributed by atoms with Crippen molar-refractivity contribution in [3.63, 3.8) is 0 Å². The summed E-state index contributed by atoms with van der Waals surface area (Å²) in [6.45, 7) is 5.11. The number of alkyl halides is 3. The summed E-state index contributed by atoms with van der Waals surface area (Å²) in [4.78, 5) is 17.1. The fourth-order valence-corrected chi connectivity index (χ4v) is 4.94. The van der Waals surface area contributed by atoms with Crippen LogP contribution in [0.4, 0.5) is 13.2 Å². The van der Waals surface area contributed by atoms with Gasteiger partial charge in [0.05, 0.1) is 10.6 Å². The molecule has 4 rings (SSSR count). The Bertz CT molecular complexity index is 842. The minimum atomic E-state index is -4.41. The largest absolute Gasteiger partial charge is 0.416 e. The molecule has 2 fully saturated rings. The number of rotatable bonds is 2. The van der Waals surface area contributed by atoms with Gasteiger partial charge in [-0.05, 0) is 12.1 Å². The average Bonchev–Trinajstić information content (AvgIpc) is 2.90. The van der Waals surface area contributed by atoms with Crippen molar-refractivity contribution in [2.75, 3.05) is 39.3 Å². The maximum Gasteiger partial charge on any atom is 0.416 e. The van der Waals surface area contributed by atoms with Gasteiger partial charge in [0.15, 0.2) is 0 Å². The molecule has 3 heterocycles. The highest BCUT2D eigenvalue weighted by molar-refractivity contribution is 7.21. The Morgan fingerprint density at radius 3 is 2.58 bits per heavy atom. The number of likely N-dealkylation sites (tertiary alicyclic amines) is 1. The summed E-state index contributed by atoms with van der Waals surface area (Å²) in [5.41, 5.74) is -0.732. The number of amides is 1. The Balaban J connectivity index is 1.51. The topological polar surface area (TPSA) is 35.6 Å². The van der Waals surface area contributed by atoms with Gasteiger partial charge >= 0.3 is 6.18 Å². The number of piperazine rings is 1. The van der Waals surface area contributed by atoms with E-state index in [1.807, 2.05) is 0 Å². The van der Waals surface area contributed by atoms with Gasteiger partial charge in [-0.2, -0.15) is 13.2 Å². The van der Waals surface area contributed by atoms with Crippen molar-refractivity contribution >= 4 is 38.9 Å². The summed E-state index contributed by atoms with van der Waals surface area (Å²) in [6, 6.07) is 3.75. The maximum absolute atomic E-state index is 12.9. The standard InChI is InChI=1S/C17H17ClF3N3OS/c18-14-12-2-1-10(17(19,20)21)7-13(12)26-15(14)16(25)24-8-11(9-24)23-5-3-22-4-6-23/h1-2,7,11,22H,3-6,8-9H2. The third kappa shape index (κ3) is 3.19. The van der Waals surface area contributed by atoms with Crippen LogP contribution in [0, 0.1) is 0 Å². The highest BCUT2D eigenvalue weighted by Crippen LogP contribution is 2.40. The molecule has 2 saturated heterocycles. The lowest BCUT2D eigenvalue weighted by atomic mass is 10.1. The van der Waals surface area contributed by atoms with Crippen molar-refractivity contribution in [2.24, 2.45) is 0 Å². The minimum Gasteiger partial charge on any atom is -0.335 e. The number of nitrogens with zero attached hydrogens (tertiary/aromatic N) is 2. The molecule has 0 aliphatic carbocycles. The van der Waals surface area contributed by atoms with Gasteiger partial charge in [0.25, 0.3) is 5.91 Å². The van der Waals surface area contributed by atoms with E-state index in [1.165, 1.54) is 6.07 Å². The van der Waals surface area contributed by atoms with Crippen LogP contribution in [0.3, 0.4) is 0 Å². The molecular formula is C17H17ClF3N3OS. The molecule has 9 heteroatoms. The molecule has 1 aromatic carbocycles. The zero-order valence-electron chi connectivity index (χ0n) is 13.8. The van der Waals surface area contributed by atoms with Crippen LogP contribution in [0.1, 0.15) is 15.2 Å². The zero-order valence-corrected chi connectivity index (χ0v) is 15.3. The molecule has 0 atom stereocenters. The number of hydrogen-bond donors (Lipinski definition) is 1. The summed E-state index contributed by atoms with van der Waals surface area (Å²) in [7, 11) is 0. The number of thiophene rings is 1. The first kappa shape index (κ1) is 18.0. The van der Waals surface area contributed by atoms with Gasteiger partial charge in [-0.1, -0.05) is 17.7 Å². The van der Waals surface area contributed by atoms with Gasteiger partial charge in [0.2, 0.25) is 0 Å². The molecule has 2 aliphatic heterocycles. The quantitative estimate of drug-likeness (QED) is 0.835. The smallest absolute Gasteiger partial charge is 0.335 e. The van der Waals surface area contributed by atoms with Crippen LogP contribution >= 0.6 is 22.9 Å². The fraction of sp³-hybridized carbons (Fsp3) is 0.471. The monoisotopic (exact) mass is 403 g/mol. The fourth-order valence-electron chi connectivity index (χ4n) is 3.42. The molecule has 2 aliphatic rings. The Morgan fingerprint density at radius 2 is 1.92 bits per heavy atom. The van der Waals surface area contributed by atoms with Gasteiger partial charge in [-0.3, -0.25) is 9.69 Å². The van der Waals surface area contributed by atoms with E-state index in [0.29, 0.717) is 34.1 Å². The van der Waals surface area contributed by atoms with Crippen molar-refractivity contribution in [1.29, 1.82) is 0 Å². The SMILES string of the molecule is O=C(c1sc2cc(C(F)(F)F)ccc2c1Cl)N1CC(N2CCNCC2)C1. The van der Waals surface area contributed by atoms with Crippen molar-refractivity contribution in [1.82, 2.24) is 15.1 Å². The third-order valence-corrected chi connectivity index (χ3v) is 6.61. The molecule has 0 saturated carbocycles. The number of nitrogens with one attached hydrogen (secondary N) is 1. The highest BCUT2D eigenvalue weighted by Gasteiger charge is 2.37. The van der Waals surface area contributed by atoms with E-state index >= 15 is 0 Å². The van der Waals surface area contributed by atoms with Gasteiger partial charge < -0.3 is 10.2 Å². The number of benzene rings is 1. The zero-order chi connectivity index (χ0) is 18.5. The molecule has 26 heavy (non-hydrogen) atoms. The van der Waals surface area contributed by atoms with E-state index in [9.17, 15) is 18.0 Å². The molecule has 0 unspecified atom stereocenters. The highest BCUT2D eigenvalue weighted by atomic mass is 35.5. The van der Waals surface area contributed by atoms with E-state index < -0.39 is 11.7 Å². The Hall–Kier alpha value is -1.35. The van der Waals surface area contributed by atoms with Gasteiger partial charge in [0.1, 0.15) is 4.88 Å². The number of carbonyl (C=O) groups excluding carboxylic acids is 1. The van der Waals surface area contributed by atoms with Crippen molar-refractivity contribution in [2.45, 2.75) is 12.2 Å². The molecule has 1 amide bonds. The van der Waals surface area contributed by atoms with Gasteiger partial charge in [-0.15, -0.1) is 11.3 Å². The van der Waals surface area contributed by atoms with E-state index in [1.54, 1.807) is 4.90 Å². The molecule has 0 bridgehead atoms. The first-order valence-corrected chi connectivity index (χ1v) is 9.57.